The average Bonchev–Trinajstić information content (AvgIpc) is 1.95. The lowest BCUT2D eigenvalue weighted by atomic mass is 10.00. The number of hydrogen-bond donors (Lipinski definition) is 1. The molecule has 4 nitrogen and oxygen atoms in total. The van der Waals surface area contributed by atoms with E-state index in [1.165, 1.54) is 4.90 Å². The van der Waals surface area contributed by atoms with Gasteiger partial charge >= 0.3 is 5.97 Å². The largest absolute Gasteiger partial charge is 0.480 e. The van der Waals surface area contributed by atoms with Gasteiger partial charge in [-0.3, -0.25) is 4.79 Å². The molecule has 0 saturated carbocycles. The van der Waals surface area contributed by atoms with Crippen molar-refractivity contribution in [1.29, 1.82) is 0 Å². The highest BCUT2D eigenvalue weighted by atomic mass is 16.4. The summed E-state index contributed by atoms with van der Waals surface area (Å²) in [5.41, 5.74) is 0. The molecule has 1 heterocycles. The van der Waals surface area contributed by atoms with E-state index in [1.807, 2.05) is 13.8 Å². The summed E-state index contributed by atoms with van der Waals surface area (Å²) < 4.78 is 0. The number of likely N-dealkylation sites (tertiary alicyclic amines) is 1. The Morgan fingerprint density at radius 1 is 1.75 bits per heavy atom. The summed E-state index contributed by atoms with van der Waals surface area (Å²) in [6, 6.07) is -0.570. The van der Waals surface area contributed by atoms with Gasteiger partial charge in [-0.1, -0.05) is 13.8 Å². The first-order chi connectivity index (χ1) is 5.52. The van der Waals surface area contributed by atoms with E-state index in [0.717, 1.165) is 0 Å². The number of carboxylic acid groups (broad SMARTS) is 1. The van der Waals surface area contributed by atoms with E-state index in [1.54, 1.807) is 0 Å². The van der Waals surface area contributed by atoms with Crippen LogP contribution in [0.3, 0.4) is 0 Å². The highest BCUT2D eigenvalue weighted by molar-refractivity contribution is 5.94. The maximum Gasteiger partial charge on any atom is 0.326 e. The topological polar surface area (TPSA) is 57.6 Å². The summed E-state index contributed by atoms with van der Waals surface area (Å²) in [4.78, 5) is 22.9. The third-order valence-corrected chi connectivity index (χ3v) is 1.91. The molecule has 1 unspecified atom stereocenters. The fourth-order valence-corrected chi connectivity index (χ4v) is 1.30. The number of hydrogen-bond acceptors (Lipinski definition) is 2. The lowest BCUT2D eigenvalue weighted by molar-refractivity contribution is -0.162. The summed E-state index contributed by atoms with van der Waals surface area (Å²) in [5.74, 6) is -0.609. The second-order valence-electron chi connectivity index (χ2n) is 3.50. The van der Waals surface area contributed by atoms with Crippen molar-refractivity contribution in [2.75, 3.05) is 6.54 Å². The van der Waals surface area contributed by atoms with Gasteiger partial charge < -0.3 is 10.0 Å². The Bertz CT molecular complexity index is 212. The van der Waals surface area contributed by atoms with Crippen molar-refractivity contribution in [2.45, 2.75) is 26.3 Å². The van der Waals surface area contributed by atoms with Crippen LogP contribution in [0.5, 0.6) is 0 Å². The molecule has 0 aliphatic carbocycles. The Labute approximate surface area is 71.2 Å². The molecule has 1 amide bonds. The fraction of sp³-hybridized carbons (Fsp3) is 0.750. The van der Waals surface area contributed by atoms with Gasteiger partial charge in [-0.25, -0.2) is 4.79 Å². The molecule has 1 rings (SSSR count). The summed E-state index contributed by atoms with van der Waals surface area (Å²) in [7, 11) is 0. The van der Waals surface area contributed by atoms with Crippen molar-refractivity contribution in [2.24, 2.45) is 5.92 Å². The maximum atomic E-state index is 10.9. The first-order valence-corrected chi connectivity index (χ1v) is 4.04. The maximum absolute atomic E-state index is 10.9. The molecule has 0 radical (unpaired) electrons. The van der Waals surface area contributed by atoms with E-state index in [9.17, 15) is 9.59 Å². The number of rotatable bonds is 3. The molecule has 0 aromatic carbocycles. The van der Waals surface area contributed by atoms with Gasteiger partial charge in [0.2, 0.25) is 5.91 Å². The van der Waals surface area contributed by atoms with Gasteiger partial charge in [0.1, 0.15) is 6.04 Å². The highest BCUT2D eigenvalue weighted by Gasteiger charge is 2.41. The van der Waals surface area contributed by atoms with Crippen LogP contribution in [0.25, 0.3) is 0 Å². The van der Waals surface area contributed by atoms with Gasteiger partial charge in [0, 0.05) is 6.54 Å². The van der Waals surface area contributed by atoms with E-state index >= 15 is 0 Å². The van der Waals surface area contributed by atoms with Crippen LogP contribution >= 0.6 is 0 Å². The second-order valence-corrected chi connectivity index (χ2v) is 3.50. The molecule has 0 bridgehead atoms. The number of carboxylic acids is 1. The van der Waals surface area contributed by atoms with Crippen LogP contribution in [0.1, 0.15) is 20.3 Å². The number of aliphatic carboxylic acids is 1. The summed E-state index contributed by atoms with van der Waals surface area (Å²) >= 11 is 0. The average molecular weight is 171 g/mol. The zero-order chi connectivity index (χ0) is 9.30. The van der Waals surface area contributed by atoms with Crippen molar-refractivity contribution < 1.29 is 14.7 Å². The lowest BCUT2D eigenvalue weighted by Crippen LogP contribution is -2.57. The Morgan fingerprint density at radius 2 is 2.33 bits per heavy atom. The second kappa shape index (κ2) is 3.13. The molecular weight excluding hydrogens is 158 g/mol. The van der Waals surface area contributed by atoms with Gasteiger partial charge in [-0.2, -0.15) is 0 Å². The van der Waals surface area contributed by atoms with Crippen LogP contribution in [0.15, 0.2) is 0 Å². The van der Waals surface area contributed by atoms with Crippen molar-refractivity contribution >= 4 is 11.9 Å². The number of carbonyl (C=O) groups is 2. The highest BCUT2D eigenvalue weighted by Crippen LogP contribution is 2.20. The molecule has 0 spiro atoms. The number of amides is 1. The molecule has 0 aromatic rings. The molecule has 12 heavy (non-hydrogen) atoms. The van der Waals surface area contributed by atoms with Gasteiger partial charge in [0.15, 0.2) is 0 Å². The predicted octanol–water partition coefficient (Wildman–Crippen LogP) is 0.328. The Balaban J connectivity index is 2.50. The summed E-state index contributed by atoms with van der Waals surface area (Å²) in [5, 5.41) is 8.64. The zero-order valence-corrected chi connectivity index (χ0v) is 7.28. The van der Waals surface area contributed by atoms with Crippen molar-refractivity contribution in [3.05, 3.63) is 0 Å². The molecule has 68 valence electrons. The van der Waals surface area contributed by atoms with Crippen LogP contribution in [0, 0.1) is 5.92 Å². The van der Waals surface area contributed by atoms with Crippen LogP contribution in [0.4, 0.5) is 0 Å². The molecule has 1 N–H and O–H groups in total. The quantitative estimate of drug-likeness (QED) is 0.622. The Kier molecular flexibility index (Phi) is 2.35. The Morgan fingerprint density at radius 3 is 2.67 bits per heavy atom. The van der Waals surface area contributed by atoms with Crippen molar-refractivity contribution in [1.82, 2.24) is 4.90 Å². The van der Waals surface area contributed by atoms with Crippen molar-refractivity contribution in [3.8, 4) is 0 Å². The third-order valence-electron chi connectivity index (χ3n) is 1.91. The smallest absolute Gasteiger partial charge is 0.326 e. The fourth-order valence-electron chi connectivity index (χ4n) is 1.30. The van der Waals surface area contributed by atoms with E-state index in [2.05, 4.69) is 0 Å². The SMILES string of the molecule is CC(C)CN1C(=O)CC1C(=O)O. The molecule has 1 aliphatic heterocycles. The minimum atomic E-state index is -0.893. The zero-order valence-electron chi connectivity index (χ0n) is 7.28. The summed E-state index contributed by atoms with van der Waals surface area (Å²) in [6.45, 7) is 4.48. The molecule has 1 aliphatic rings. The monoisotopic (exact) mass is 171 g/mol. The lowest BCUT2D eigenvalue weighted by Gasteiger charge is -2.38. The molecule has 1 atom stereocenters. The third kappa shape index (κ3) is 1.57. The predicted molar refractivity (Wildman–Crippen MR) is 42.6 cm³/mol. The van der Waals surface area contributed by atoms with Gasteiger partial charge in [0.25, 0.3) is 0 Å². The van der Waals surface area contributed by atoms with E-state index in [0.29, 0.717) is 12.5 Å². The van der Waals surface area contributed by atoms with Crippen molar-refractivity contribution in [3.63, 3.8) is 0 Å². The van der Waals surface area contributed by atoms with E-state index < -0.39 is 12.0 Å². The molecule has 4 heteroatoms. The summed E-state index contributed by atoms with van der Waals surface area (Å²) in [6.07, 6.45) is 0.169. The van der Waals surface area contributed by atoms with Crippen LogP contribution < -0.4 is 0 Å². The molecule has 1 fully saturated rings. The van der Waals surface area contributed by atoms with E-state index in [-0.39, 0.29) is 12.3 Å². The van der Waals surface area contributed by atoms with Gasteiger partial charge in [-0.05, 0) is 5.92 Å². The minimum absolute atomic E-state index is 0.0453. The number of β-lactam (4-membered cyclic amide) rings is 1. The first-order valence-electron chi connectivity index (χ1n) is 4.04. The van der Waals surface area contributed by atoms with Gasteiger partial charge in [0.05, 0.1) is 6.42 Å². The van der Waals surface area contributed by atoms with Crippen LogP contribution in [-0.2, 0) is 9.59 Å². The molecule has 0 aromatic heterocycles. The number of nitrogens with zero attached hydrogens (tertiary/aromatic N) is 1. The first kappa shape index (κ1) is 9.03. The standard InChI is InChI=1S/C8H13NO3/c1-5(2)4-9-6(8(11)12)3-7(9)10/h5-6H,3-4H2,1-2H3,(H,11,12). The minimum Gasteiger partial charge on any atom is -0.480 e. The Hall–Kier alpha value is -1.06. The van der Waals surface area contributed by atoms with E-state index in [4.69, 9.17) is 5.11 Å². The molecular formula is C8H13NO3. The van der Waals surface area contributed by atoms with Gasteiger partial charge in [-0.15, -0.1) is 0 Å². The molecule has 1 saturated heterocycles. The normalized spacial score (nSPS) is 22.8. The van der Waals surface area contributed by atoms with Crippen LogP contribution in [0.2, 0.25) is 0 Å². The van der Waals surface area contributed by atoms with Crippen LogP contribution in [-0.4, -0.2) is 34.5 Å². The number of carbonyl (C=O) groups excluding carboxylic acids is 1.